The van der Waals surface area contributed by atoms with Gasteiger partial charge in [-0.05, 0) is 29.8 Å². The van der Waals surface area contributed by atoms with Gasteiger partial charge in [-0.1, -0.05) is 48.5 Å². The summed E-state index contributed by atoms with van der Waals surface area (Å²) in [5.41, 5.74) is 0. The third-order valence-corrected chi connectivity index (χ3v) is 3.75. The van der Waals surface area contributed by atoms with Crippen molar-refractivity contribution in [3.05, 3.63) is 0 Å². The van der Waals surface area contributed by atoms with Gasteiger partial charge in [0.1, 0.15) is 0 Å². The van der Waals surface area contributed by atoms with Crippen molar-refractivity contribution in [2.45, 2.75) is 65.4 Å². The summed E-state index contributed by atoms with van der Waals surface area (Å²) in [5.74, 6) is 3.48. The Morgan fingerprint density at radius 3 is 1.10 bits per heavy atom. The van der Waals surface area contributed by atoms with Gasteiger partial charge in [0.2, 0.25) is 0 Å². The Balaban J connectivity index is -0.0000000862. The smallest absolute Gasteiger partial charge is 0.0544 e. The van der Waals surface area contributed by atoms with E-state index in [0.29, 0.717) is 11.2 Å². The third-order valence-electron chi connectivity index (χ3n) is 1.82. The van der Waals surface area contributed by atoms with Crippen LogP contribution in [-0.2, 0) is 0 Å². The van der Waals surface area contributed by atoms with E-state index in [1.165, 1.54) is 6.42 Å². The van der Waals surface area contributed by atoms with Crippen LogP contribution in [-0.4, -0.2) is 33.7 Å². The predicted molar refractivity (Wildman–Crippen MR) is 112 cm³/mol. The molecule has 0 amide bonds. The molecule has 1 nitrogen and oxygen atoms in total. The van der Waals surface area contributed by atoms with Crippen molar-refractivity contribution >= 4 is 50.5 Å². The minimum Gasteiger partial charge on any atom is -0.395 e. The molecule has 20 heavy (non-hydrogen) atoms. The normalized spacial score (nSPS) is 12.3. The SMILES string of the molecule is CC(C)C(C)S.CC(C)CS.CC(S)CO.CCCS. The van der Waals surface area contributed by atoms with Crippen LogP contribution >= 0.6 is 50.5 Å². The van der Waals surface area contributed by atoms with Crippen molar-refractivity contribution in [3.8, 4) is 0 Å². The summed E-state index contributed by atoms with van der Waals surface area (Å²) in [4.78, 5) is 0. The Morgan fingerprint density at radius 1 is 0.900 bits per heavy atom. The second kappa shape index (κ2) is 25.3. The molecule has 0 aliphatic carbocycles. The van der Waals surface area contributed by atoms with Crippen LogP contribution in [0.3, 0.4) is 0 Å². The van der Waals surface area contributed by atoms with E-state index in [1.54, 1.807) is 0 Å². The third kappa shape index (κ3) is 60.8. The van der Waals surface area contributed by atoms with E-state index in [4.69, 9.17) is 5.11 Å². The van der Waals surface area contributed by atoms with Crippen LogP contribution in [0.4, 0.5) is 0 Å². The first-order valence-electron chi connectivity index (χ1n) is 7.29. The Bertz CT molecular complexity index is 124. The summed E-state index contributed by atoms with van der Waals surface area (Å²) in [6.45, 7) is 14.8. The van der Waals surface area contributed by atoms with E-state index in [-0.39, 0.29) is 11.9 Å². The topological polar surface area (TPSA) is 20.2 Å². The largest absolute Gasteiger partial charge is 0.395 e. The van der Waals surface area contributed by atoms with E-state index in [2.05, 4.69) is 92.1 Å². The molecule has 0 saturated carbocycles. The van der Waals surface area contributed by atoms with Crippen molar-refractivity contribution < 1.29 is 5.11 Å². The first kappa shape index (κ1) is 29.4. The van der Waals surface area contributed by atoms with Crippen molar-refractivity contribution in [2.75, 3.05) is 18.1 Å². The van der Waals surface area contributed by atoms with Crippen molar-refractivity contribution in [1.29, 1.82) is 0 Å². The fourth-order valence-electron chi connectivity index (χ4n) is 0. The summed E-state index contributed by atoms with van der Waals surface area (Å²) in [7, 11) is 0. The highest BCUT2D eigenvalue weighted by Gasteiger charge is 1.96. The van der Waals surface area contributed by atoms with Gasteiger partial charge in [-0.25, -0.2) is 0 Å². The van der Waals surface area contributed by atoms with Gasteiger partial charge in [-0.2, -0.15) is 50.5 Å². The molecular formula is C15H38OS4. The van der Waals surface area contributed by atoms with Crippen LogP contribution in [0.25, 0.3) is 0 Å². The summed E-state index contributed by atoms with van der Waals surface area (Å²) in [5, 5.41) is 8.75. The molecule has 0 spiro atoms. The molecule has 2 atom stereocenters. The predicted octanol–water partition coefficient (Wildman–Crippen LogP) is 5.16. The molecule has 0 rings (SSSR count). The lowest BCUT2D eigenvalue weighted by Gasteiger charge is -2.04. The van der Waals surface area contributed by atoms with Gasteiger partial charge >= 0.3 is 0 Å². The number of hydrogen-bond donors (Lipinski definition) is 5. The van der Waals surface area contributed by atoms with E-state index in [0.717, 1.165) is 17.4 Å². The van der Waals surface area contributed by atoms with E-state index >= 15 is 0 Å². The lowest BCUT2D eigenvalue weighted by Crippen LogP contribution is -1.99. The molecule has 0 saturated heterocycles. The molecular weight excluding hydrogens is 324 g/mol. The first-order valence-corrected chi connectivity index (χ1v) is 9.58. The minimum atomic E-state index is 0.134. The van der Waals surface area contributed by atoms with E-state index in [9.17, 15) is 0 Å². The van der Waals surface area contributed by atoms with Gasteiger partial charge in [-0.15, -0.1) is 0 Å². The number of thiol groups is 4. The summed E-state index contributed by atoms with van der Waals surface area (Å²) < 4.78 is 0. The Hall–Kier alpha value is 1.36. The quantitative estimate of drug-likeness (QED) is 0.438. The molecule has 0 aliphatic heterocycles. The first-order chi connectivity index (χ1) is 9.10. The maximum Gasteiger partial charge on any atom is 0.0544 e. The van der Waals surface area contributed by atoms with E-state index < -0.39 is 0 Å². The molecule has 0 radical (unpaired) electrons. The zero-order valence-corrected chi connectivity index (χ0v) is 18.0. The Morgan fingerprint density at radius 2 is 1.10 bits per heavy atom. The average Bonchev–Trinajstić information content (AvgIpc) is 2.40. The summed E-state index contributed by atoms with van der Waals surface area (Å²) in [6, 6.07) is 0. The molecule has 0 aliphatic rings. The molecule has 0 aromatic heterocycles. The molecule has 5 heteroatoms. The van der Waals surface area contributed by atoms with Gasteiger partial charge in [0, 0.05) is 10.5 Å². The van der Waals surface area contributed by atoms with Gasteiger partial charge < -0.3 is 5.11 Å². The summed E-state index contributed by atoms with van der Waals surface area (Å²) >= 11 is 16.0. The highest BCUT2D eigenvalue weighted by atomic mass is 32.1. The van der Waals surface area contributed by atoms with Crippen LogP contribution in [0.15, 0.2) is 0 Å². The van der Waals surface area contributed by atoms with Gasteiger partial charge in [-0.3, -0.25) is 0 Å². The van der Waals surface area contributed by atoms with E-state index in [1.807, 2.05) is 6.92 Å². The highest BCUT2D eigenvalue weighted by Crippen LogP contribution is 2.05. The molecule has 2 unspecified atom stereocenters. The lowest BCUT2D eigenvalue weighted by atomic mass is 10.2. The zero-order chi connectivity index (χ0) is 17.1. The number of hydrogen-bond acceptors (Lipinski definition) is 5. The summed E-state index contributed by atoms with van der Waals surface area (Å²) in [6.07, 6.45) is 1.18. The van der Waals surface area contributed by atoms with Crippen molar-refractivity contribution in [3.63, 3.8) is 0 Å². The Kier molecular flexibility index (Phi) is 37.2. The molecule has 0 fully saturated rings. The Labute approximate surface area is 150 Å². The molecule has 128 valence electrons. The van der Waals surface area contributed by atoms with Gasteiger partial charge in [0.15, 0.2) is 0 Å². The monoisotopic (exact) mass is 362 g/mol. The second-order valence-corrected chi connectivity index (χ2v) is 7.82. The number of rotatable bonds is 4. The van der Waals surface area contributed by atoms with Gasteiger partial charge in [0.05, 0.1) is 6.61 Å². The molecule has 1 N–H and O–H groups in total. The molecule has 0 aromatic carbocycles. The maximum absolute atomic E-state index is 8.07. The molecule has 0 aromatic rings. The van der Waals surface area contributed by atoms with Crippen LogP contribution in [0.1, 0.15) is 54.9 Å². The molecule has 0 bridgehead atoms. The fraction of sp³-hybridized carbons (Fsp3) is 1.00. The van der Waals surface area contributed by atoms with Gasteiger partial charge in [0.25, 0.3) is 0 Å². The standard InChI is InChI=1S/C5H12S.C4H10S.C3H8OS.C3H8S/c1-4(2)5(3)6;1-4(2)3-5;1-3(5)2-4;1-2-3-4/h4-6H,1-3H3;4-5H,3H2,1-2H3;3-5H,2H2,1H3;4H,2-3H2,1H3. The van der Waals surface area contributed by atoms with Crippen molar-refractivity contribution in [2.24, 2.45) is 11.8 Å². The lowest BCUT2D eigenvalue weighted by molar-refractivity contribution is 0.300. The number of aliphatic hydroxyl groups is 1. The second-order valence-electron chi connectivity index (χ2n) is 5.32. The fourth-order valence-corrected chi connectivity index (χ4v) is 0. The number of aliphatic hydroxyl groups excluding tert-OH is 1. The van der Waals surface area contributed by atoms with Crippen molar-refractivity contribution in [1.82, 2.24) is 0 Å². The van der Waals surface area contributed by atoms with Crippen LogP contribution < -0.4 is 0 Å². The van der Waals surface area contributed by atoms with Crippen LogP contribution in [0.2, 0.25) is 0 Å². The van der Waals surface area contributed by atoms with Crippen LogP contribution in [0, 0.1) is 11.8 Å². The zero-order valence-electron chi connectivity index (χ0n) is 14.4. The highest BCUT2D eigenvalue weighted by molar-refractivity contribution is 7.81. The van der Waals surface area contributed by atoms with Crippen LogP contribution in [0.5, 0.6) is 0 Å². The minimum absolute atomic E-state index is 0.134. The average molecular weight is 363 g/mol. The maximum atomic E-state index is 8.07. The molecule has 0 heterocycles.